The molecule has 3 unspecified atom stereocenters. The summed E-state index contributed by atoms with van der Waals surface area (Å²) in [5, 5.41) is 2.44. The third-order valence-electron chi connectivity index (χ3n) is 7.13. The first kappa shape index (κ1) is 21.3. The molecule has 0 radical (unpaired) electrons. The molecule has 4 nitrogen and oxygen atoms in total. The molecule has 2 aliphatic rings. The molecule has 0 spiro atoms. The van der Waals surface area contributed by atoms with E-state index in [0.29, 0.717) is 23.8 Å². The second-order valence-electron chi connectivity index (χ2n) is 9.01. The Morgan fingerprint density at radius 3 is 2.50 bits per heavy atom. The van der Waals surface area contributed by atoms with Gasteiger partial charge in [0.1, 0.15) is 31.9 Å². The summed E-state index contributed by atoms with van der Waals surface area (Å²) in [6.07, 6.45) is 5.17. The van der Waals surface area contributed by atoms with Gasteiger partial charge in [-0.2, -0.15) is 0 Å². The first-order valence-corrected chi connectivity index (χ1v) is 11.6. The lowest BCUT2D eigenvalue weighted by molar-refractivity contribution is -0.895. The van der Waals surface area contributed by atoms with Crippen LogP contribution in [0.3, 0.4) is 0 Å². The molecule has 156 valence electrons. The molecule has 2 aliphatic heterocycles. The molecule has 0 aromatic heterocycles. The summed E-state index contributed by atoms with van der Waals surface area (Å²) in [6.45, 7) is 15.1. The molecular formula is C24H41N3O+2. The number of benzene rings is 1. The van der Waals surface area contributed by atoms with E-state index in [-0.39, 0.29) is 0 Å². The van der Waals surface area contributed by atoms with Crippen molar-refractivity contribution < 1.29 is 15.0 Å². The largest absolute Gasteiger partial charge is 0.340 e. The standard InChI is InChI=1S/C24H39N3O/c1-5-18(3)22-17-21(9-10-23(22)26-14-11-25-12-15-26)20(6-2)16-19(4)27-13-7-8-24(27)28/h9-10,17-20,25H,5-8,11-16H2,1-4H3/p+2. The number of likely N-dealkylation sites (tertiary alicyclic amines) is 1. The van der Waals surface area contributed by atoms with Crippen molar-refractivity contribution in [2.45, 2.75) is 77.7 Å². The number of piperazine rings is 1. The number of amides is 1. The third-order valence-corrected chi connectivity index (χ3v) is 7.13. The van der Waals surface area contributed by atoms with E-state index >= 15 is 0 Å². The van der Waals surface area contributed by atoms with Crippen LogP contribution in [0.2, 0.25) is 0 Å². The van der Waals surface area contributed by atoms with Gasteiger partial charge >= 0.3 is 0 Å². The van der Waals surface area contributed by atoms with Crippen molar-refractivity contribution in [3.8, 4) is 0 Å². The molecule has 0 aliphatic carbocycles. The van der Waals surface area contributed by atoms with Crippen LogP contribution in [0.5, 0.6) is 0 Å². The van der Waals surface area contributed by atoms with Gasteiger partial charge in [-0.25, -0.2) is 0 Å². The van der Waals surface area contributed by atoms with Crippen LogP contribution in [0.15, 0.2) is 18.2 Å². The van der Waals surface area contributed by atoms with Crippen LogP contribution >= 0.6 is 0 Å². The van der Waals surface area contributed by atoms with Crippen LogP contribution < -0.4 is 10.2 Å². The number of hydrogen-bond acceptors (Lipinski definition) is 1. The quantitative estimate of drug-likeness (QED) is 0.705. The highest BCUT2D eigenvalue weighted by Crippen LogP contribution is 2.33. The van der Waals surface area contributed by atoms with Crippen LogP contribution in [-0.2, 0) is 4.79 Å². The molecule has 4 heteroatoms. The fraction of sp³-hybridized carbons (Fsp3) is 0.708. The van der Waals surface area contributed by atoms with Gasteiger partial charge in [0.15, 0.2) is 0 Å². The fourth-order valence-electron chi connectivity index (χ4n) is 5.09. The topological polar surface area (TPSA) is 41.4 Å². The molecule has 3 N–H and O–H groups in total. The van der Waals surface area contributed by atoms with E-state index in [1.54, 1.807) is 10.5 Å². The van der Waals surface area contributed by atoms with Crippen molar-refractivity contribution in [1.29, 1.82) is 0 Å². The molecule has 28 heavy (non-hydrogen) atoms. The predicted octanol–water partition coefficient (Wildman–Crippen LogP) is 2.19. The molecule has 1 aromatic carbocycles. The van der Waals surface area contributed by atoms with Crippen molar-refractivity contribution in [2.75, 3.05) is 32.7 Å². The van der Waals surface area contributed by atoms with Crippen LogP contribution in [0.25, 0.3) is 0 Å². The minimum Gasteiger partial charge on any atom is -0.340 e. The molecule has 3 atom stereocenters. The lowest BCUT2D eigenvalue weighted by Gasteiger charge is -2.30. The average Bonchev–Trinajstić information content (AvgIpc) is 3.17. The Kier molecular flexibility index (Phi) is 7.53. The molecule has 2 saturated heterocycles. The number of nitrogens with zero attached hydrogens (tertiary/aromatic N) is 1. The number of carbonyl (C=O) groups is 1. The minimum atomic E-state index is 0.343. The summed E-state index contributed by atoms with van der Waals surface area (Å²) in [7, 11) is 0. The van der Waals surface area contributed by atoms with Gasteiger partial charge in [0.05, 0.1) is 0 Å². The van der Waals surface area contributed by atoms with Gasteiger partial charge in [-0.1, -0.05) is 26.8 Å². The van der Waals surface area contributed by atoms with E-state index in [2.05, 4.69) is 56.1 Å². The maximum Gasteiger partial charge on any atom is 0.222 e. The highest BCUT2D eigenvalue weighted by Gasteiger charge is 2.28. The van der Waals surface area contributed by atoms with Crippen LogP contribution in [0.1, 0.15) is 82.8 Å². The maximum atomic E-state index is 12.1. The molecule has 3 rings (SSSR count). The first-order chi connectivity index (χ1) is 13.5. The third kappa shape index (κ3) is 4.77. The van der Waals surface area contributed by atoms with Crippen LogP contribution in [0.4, 0.5) is 5.69 Å². The van der Waals surface area contributed by atoms with Gasteiger partial charge in [0, 0.05) is 24.6 Å². The molecule has 2 heterocycles. The Hall–Kier alpha value is -1.39. The fourth-order valence-corrected chi connectivity index (χ4v) is 5.09. The Balaban J connectivity index is 1.81. The van der Waals surface area contributed by atoms with Gasteiger partial charge in [-0.05, 0) is 62.1 Å². The summed E-state index contributed by atoms with van der Waals surface area (Å²) in [6, 6.07) is 7.67. The Morgan fingerprint density at radius 2 is 1.89 bits per heavy atom. The molecular weight excluding hydrogens is 346 g/mol. The van der Waals surface area contributed by atoms with Gasteiger partial charge in [0.2, 0.25) is 5.91 Å². The highest BCUT2D eigenvalue weighted by molar-refractivity contribution is 5.78. The van der Waals surface area contributed by atoms with E-state index in [9.17, 15) is 4.79 Å². The van der Waals surface area contributed by atoms with Crippen molar-refractivity contribution in [3.63, 3.8) is 0 Å². The van der Waals surface area contributed by atoms with Crippen LogP contribution in [-0.4, -0.2) is 49.6 Å². The zero-order chi connectivity index (χ0) is 20.1. The number of rotatable bonds is 8. The van der Waals surface area contributed by atoms with Gasteiger partial charge in [-0.3, -0.25) is 9.69 Å². The van der Waals surface area contributed by atoms with Gasteiger partial charge in [0.25, 0.3) is 0 Å². The number of quaternary nitrogens is 2. The van der Waals surface area contributed by atoms with E-state index in [0.717, 1.165) is 32.2 Å². The number of hydrogen-bond donors (Lipinski definition) is 2. The smallest absolute Gasteiger partial charge is 0.222 e. The second kappa shape index (κ2) is 9.89. The molecule has 0 saturated carbocycles. The summed E-state index contributed by atoms with van der Waals surface area (Å²) in [5.74, 6) is 1.48. The predicted molar refractivity (Wildman–Crippen MR) is 115 cm³/mol. The molecule has 2 fully saturated rings. The SMILES string of the molecule is CCC(C)c1cc(C(CC)CC(C)N2CCCC2=O)ccc1[NH+]1CC[NH2+]CC1. The monoisotopic (exact) mass is 387 g/mol. The highest BCUT2D eigenvalue weighted by atomic mass is 16.2. The zero-order valence-corrected chi connectivity index (χ0v) is 18.5. The Labute approximate surface area is 171 Å². The first-order valence-electron chi connectivity index (χ1n) is 11.6. The summed E-state index contributed by atoms with van der Waals surface area (Å²) in [5.41, 5.74) is 4.56. The minimum absolute atomic E-state index is 0.343. The van der Waals surface area contributed by atoms with Crippen molar-refractivity contribution in [3.05, 3.63) is 29.3 Å². The number of nitrogens with two attached hydrogens (primary N) is 1. The van der Waals surface area contributed by atoms with E-state index in [1.807, 2.05) is 0 Å². The number of carbonyl (C=O) groups excluding carboxylic acids is 1. The van der Waals surface area contributed by atoms with Gasteiger partial charge in [-0.15, -0.1) is 0 Å². The summed E-state index contributed by atoms with van der Waals surface area (Å²) in [4.78, 5) is 15.9. The Bertz CT molecular complexity index is 653. The molecule has 1 amide bonds. The van der Waals surface area contributed by atoms with E-state index < -0.39 is 0 Å². The van der Waals surface area contributed by atoms with Crippen LogP contribution in [0, 0.1) is 0 Å². The normalized spacial score (nSPS) is 21.7. The van der Waals surface area contributed by atoms with E-state index in [4.69, 9.17) is 0 Å². The van der Waals surface area contributed by atoms with Crippen molar-refractivity contribution in [1.82, 2.24) is 4.90 Å². The Morgan fingerprint density at radius 1 is 1.14 bits per heavy atom. The van der Waals surface area contributed by atoms with Crippen molar-refractivity contribution in [2.24, 2.45) is 0 Å². The average molecular weight is 388 g/mol. The number of nitrogens with one attached hydrogen (secondary N) is 1. The maximum absolute atomic E-state index is 12.1. The lowest BCUT2D eigenvalue weighted by atomic mass is 9.86. The summed E-state index contributed by atoms with van der Waals surface area (Å²) >= 11 is 0. The van der Waals surface area contributed by atoms with Gasteiger partial charge < -0.3 is 10.2 Å². The molecule has 1 aromatic rings. The van der Waals surface area contributed by atoms with Crippen molar-refractivity contribution >= 4 is 11.6 Å². The zero-order valence-electron chi connectivity index (χ0n) is 18.5. The lowest BCUT2D eigenvalue weighted by Crippen LogP contribution is -3.17. The second-order valence-corrected chi connectivity index (χ2v) is 9.01. The summed E-state index contributed by atoms with van der Waals surface area (Å²) < 4.78 is 0. The molecule has 0 bridgehead atoms. The van der Waals surface area contributed by atoms with E-state index in [1.165, 1.54) is 43.9 Å².